The summed E-state index contributed by atoms with van der Waals surface area (Å²) < 4.78 is 24.5. The lowest BCUT2D eigenvalue weighted by molar-refractivity contribution is -0.118. The summed E-state index contributed by atoms with van der Waals surface area (Å²) >= 11 is 0. The minimum absolute atomic E-state index is 0.0523. The van der Waals surface area contributed by atoms with Crippen LogP contribution < -0.4 is 20.1 Å². The molecule has 7 nitrogen and oxygen atoms in total. The molecule has 8 heteroatoms. The Morgan fingerprint density at radius 3 is 2.44 bits per heavy atom. The van der Waals surface area contributed by atoms with E-state index in [2.05, 4.69) is 10.6 Å². The molecular weight excluding hydrogens is 437 g/mol. The highest BCUT2D eigenvalue weighted by Gasteiger charge is 2.13. The van der Waals surface area contributed by atoms with Crippen LogP contribution in [0.4, 0.5) is 15.8 Å². The van der Waals surface area contributed by atoms with E-state index in [1.54, 1.807) is 36.4 Å². The monoisotopic (exact) mass is 459 g/mol. The smallest absolute Gasteiger partial charge is 0.266 e. The maximum Gasteiger partial charge on any atom is 0.266 e. The van der Waals surface area contributed by atoms with E-state index >= 15 is 0 Å². The number of nitriles is 1. The molecule has 0 radical (unpaired) electrons. The highest BCUT2D eigenvalue weighted by atomic mass is 19.1. The second kappa shape index (κ2) is 11.3. The van der Waals surface area contributed by atoms with Gasteiger partial charge in [0, 0.05) is 5.69 Å². The van der Waals surface area contributed by atoms with Crippen LogP contribution in [0.3, 0.4) is 0 Å². The summed E-state index contributed by atoms with van der Waals surface area (Å²) in [4.78, 5) is 24.6. The zero-order chi connectivity index (χ0) is 24.5. The lowest BCUT2D eigenvalue weighted by Gasteiger charge is -2.12. The number of amides is 2. The highest BCUT2D eigenvalue weighted by molar-refractivity contribution is 6.09. The summed E-state index contributed by atoms with van der Waals surface area (Å²) in [6, 6.07) is 19.6. The van der Waals surface area contributed by atoms with Gasteiger partial charge in [-0.25, -0.2) is 4.39 Å². The van der Waals surface area contributed by atoms with Gasteiger partial charge in [-0.1, -0.05) is 35.9 Å². The van der Waals surface area contributed by atoms with Crippen LogP contribution in [0, 0.1) is 24.1 Å². The molecule has 0 saturated heterocycles. The number of benzene rings is 3. The average Bonchev–Trinajstić information content (AvgIpc) is 2.84. The molecule has 172 valence electrons. The first-order valence-electron chi connectivity index (χ1n) is 10.2. The van der Waals surface area contributed by atoms with Crippen LogP contribution >= 0.6 is 0 Å². The van der Waals surface area contributed by atoms with Crippen molar-refractivity contribution < 1.29 is 23.5 Å². The van der Waals surface area contributed by atoms with Gasteiger partial charge in [-0.2, -0.15) is 5.26 Å². The molecule has 0 aliphatic carbocycles. The molecule has 3 aromatic rings. The van der Waals surface area contributed by atoms with Crippen molar-refractivity contribution in [3.63, 3.8) is 0 Å². The lowest BCUT2D eigenvalue weighted by atomic mass is 10.1. The summed E-state index contributed by atoms with van der Waals surface area (Å²) in [6.45, 7) is 1.56. The molecule has 3 rings (SSSR count). The number of nitrogens with one attached hydrogen (secondary N) is 2. The first-order valence-corrected chi connectivity index (χ1v) is 10.2. The fraction of sp³-hybridized carbons (Fsp3) is 0.115. The van der Waals surface area contributed by atoms with Crippen LogP contribution in [0.5, 0.6) is 11.5 Å². The van der Waals surface area contributed by atoms with E-state index in [1.807, 2.05) is 25.1 Å². The molecule has 2 N–H and O–H groups in total. The van der Waals surface area contributed by atoms with Crippen LogP contribution in [0.1, 0.15) is 11.1 Å². The molecule has 0 aliphatic heterocycles. The average molecular weight is 459 g/mol. The Hall–Kier alpha value is -4.64. The molecular formula is C26H22FN3O4. The molecule has 3 aromatic carbocycles. The second-order valence-electron chi connectivity index (χ2n) is 7.22. The molecule has 0 bridgehead atoms. The maximum absolute atomic E-state index is 13.7. The summed E-state index contributed by atoms with van der Waals surface area (Å²) in [7, 11) is 1.42. The van der Waals surface area contributed by atoms with Gasteiger partial charge in [0.15, 0.2) is 18.1 Å². The van der Waals surface area contributed by atoms with Crippen molar-refractivity contribution in [3.05, 3.63) is 89.2 Å². The number of halogens is 1. The number of aryl methyl sites for hydroxylation is 1. The summed E-state index contributed by atoms with van der Waals surface area (Å²) in [5.41, 5.74) is 2.10. The molecule has 0 spiro atoms. The predicted octanol–water partition coefficient (Wildman–Crippen LogP) is 4.71. The van der Waals surface area contributed by atoms with Crippen LogP contribution in [0.15, 0.2) is 72.3 Å². The van der Waals surface area contributed by atoms with Crippen molar-refractivity contribution in [1.82, 2.24) is 0 Å². The quantitative estimate of drug-likeness (QED) is 0.376. The molecule has 0 aliphatic rings. The Kier molecular flexibility index (Phi) is 7.97. The number of carbonyl (C=O) groups excluding carboxylic acids is 2. The topological polar surface area (TPSA) is 100 Å². The second-order valence-corrected chi connectivity index (χ2v) is 7.22. The van der Waals surface area contributed by atoms with Crippen LogP contribution in [0.2, 0.25) is 0 Å². The number of carbonyl (C=O) groups is 2. The van der Waals surface area contributed by atoms with E-state index in [9.17, 15) is 19.2 Å². The Balaban J connectivity index is 1.68. The Morgan fingerprint density at radius 1 is 1.03 bits per heavy atom. The number of ether oxygens (including phenoxy) is 2. The van der Waals surface area contributed by atoms with Crippen molar-refractivity contribution in [2.24, 2.45) is 0 Å². The van der Waals surface area contributed by atoms with Crippen molar-refractivity contribution >= 4 is 29.3 Å². The van der Waals surface area contributed by atoms with Gasteiger partial charge in [-0.05, 0) is 55.0 Å². The number of hydrogen-bond donors (Lipinski definition) is 2. The molecule has 0 fully saturated rings. The molecule has 0 heterocycles. The van der Waals surface area contributed by atoms with Crippen LogP contribution in [-0.4, -0.2) is 25.5 Å². The third-order valence-electron chi connectivity index (χ3n) is 4.68. The standard InChI is InChI=1S/C26H22FN3O4/c1-17-7-10-20(11-8-17)29-26(32)19(15-28)13-18-9-12-23(24(14-18)33-2)34-16-25(31)30-22-6-4-3-5-21(22)27/h3-14H,16H2,1-2H3,(H,29,32)(H,30,31). The third kappa shape index (κ3) is 6.43. The van der Waals surface area contributed by atoms with E-state index in [1.165, 1.54) is 31.4 Å². The molecule has 0 unspecified atom stereocenters. The predicted molar refractivity (Wildman–Crippen MR) is 127 cm³/mol. The van der Waals surface area contributed by atoms with Gasteiger partial charge < -0.3 is 20.1 Å². The largest absolute Gasteiger partial charge is 0.493 e. The van der Waals surface area contributed by atoms with Gasteiger partial charge in [0.05, 0.1) is 12.8 Å². The van der Waals surface area contributed by atoms with E-state index in [0.717, 1.165) is 5.56 Å². The highest BCUT2D eigenvalue weighted by Crippen LogP contribution is 2.29. The Labute approximate surface area is 196 Å². The van der Waals surface area contributed by atoms with Crippen molar-refractivity contribution in [1.29, 1.82) is 5.26 Å². The minimum atomic E-state index is -0.552. The molecule has 34 heavy (non-hydrogen) atoms. The molecule has 0 saturated carbocycles. The molecule has 0 atom stereocenters. The van der Waals surface area contributed by atoms with Gasteiger partial charge in [-0.15, -0.1) is 0 Å². The number of hydrogen-bond acceptors (Lipinski definition) is 5. The van der Waals surface area contributed by atoms with E-state index in [0.29, 0.717) is 17.0 Å². The van der Waals surface area contributed by atoms with Crippen molar-refractivity contribution in [3.8, 4) is 17.6 Å². The summed E-state index contributed by atoms with van der Waals surface area (Å²) in [5.74, 6) is -1.08. The summed E-state index contributed by atoms with van der Waals surface area (Å²) in [6.07, 6.45) is 1.42. The number of methoxy groups -OCH3 is 1. The van der Waals surface area contributed by atoms with Gasteiger partial charge >= 0.3 is 0 Å². The zero-order valence-corrected chi connectivity index (χ0v) is 18.6. The molecule has 2 amide bonds. The fourth-order valence-electron chi connectivity index (χ4n) is 2.94. The number of nitrogens with zero attached hydrogens (tertiary/aromatic N) is 1. The van der Waals surface area contributed by atoms with E-state index in [4.69, 9.17) is 9.47 Å². The Bertz CT molecular complexity index is 1260. The first kappa shape index (κ1) is 24.0. The number of rotatable bonds is 8. The van der Waals surface area contributed by atoms with Crippen LogP contribution in [-0.2, 0) is 9.59 Å². The van der Waals surface area contributed by atoms with Crippen LogP contribution in [0.25, 0.3) is 6.08 Å². The van der Waals surface area contributed by atoms with E-state index < -0.39 is 17.6 Å². The Morgan fingerprint density at radius 2 is 1.76 bits per heavy atom. The zero-order valence-electron chi connectivity index (χ0n) is 18.6. The van der Waals surface area contributed by atoms with Gasteiger partial charge in [0.25, 0.3) is 11.8 Å². The van der Waals surface area contributed by atoms with Gasteiger partial charge in [0.2, 0.25) is 0 Å². The first-order chi connectivity index (χ1) is 16.4. The lowest BCUT2D eigenvalue weighted by Crippen LogP contribution is -2.20. The third-order valence-corrected chi connectivity index (χ3v) is 4.68. The molecule has 0 aromatic heterocycles. The van der Waals surface area contributed by atoms with E-state index in [-0.39, 0.29) is 23.6 Å². The van der Waals surface area contributed by atoms with Gasteiger partial charge in [0.1, 0.15) is 17.5 Å². The van der Waals surface area contributed by atoms with Crippen molar-refractivity contribution in [2.75, 3.05) is 24.4 Å². The van der Waals surface area contributed by atoms with Crippen molar-refractivity contribution in [2.45, 2.75) is 6.92 Å². The fourth-order valence-corrected chi connectivity index (χ4v) is 2.94. The SMILES string of the molecule is COc1cc(C=C(C#N)C(=O)Nc2ccc(C)cc2)ccc1OCC(=O)Nc1ccccc1F. The number of anilines is 2. The normalized spacial score (nSPS) is 10.7. The number of para-hydroxylation sites is 1. The minimum Gasteiger partial charge on any atom is -0.493 e. The maximum atomic E-state index is 13.7. The van der Waals surface area contributed by atoms with Gasteiger partial charge in [-0.3, -0.25) is 9.59 Å². The summed E-state index contributed by atoms with van der Waals surface area (Å²) in [5, 5.41) is 14.5.